The number of rotatable bonds is 6. The van der Waals surface area contributed by atoms with Crippen LogP contribution in [0.3, 0.4) is 0 Å². The molecule has 11 heavy (non-hydrogen) atoms. The van der Waals surface area contributed by atoms with Gasteiger partial charge in [-0.25, -0.2) is 0 Å². The first-order valence-electron chi connectivity index (χ1n) is 2.91. The van der Waals surface area contributed by atoms with Crippen molar-refractivity contribution in [2.24, 2.45) is 0 Å². The summed E-state index contributed by atoms with van der Waals surface area (Å²) in [6, 6.07) is 0. The lowest BCUT2D eigenvalue weighted by molar-refractivity contribution is -1.42. The molecule has 0 aliphatic rings. The Morgan fingerprint density at radius 3 is 1.64 bits per heavy atom. The molecule has 0 fully saturated rings. The molecule has 0 aliphatic heterocycles. The minimum absolute atomic E-state index is 0.518. The summed E-state index contributed by atoms with van der Waals surface area (Å²) in [6.45, 7) is -2.09. The summed E-state index contributed by atoms with van der Waals surface area (Å²) >= 11 is 0. The first kappa shape index (κ1) is 10.7. The number of nitrogens with zero attached hydrogens (tertiary/aromatic N) is 1. The molecule has 0 heterocycles. The van der Waals surface area contributed by atoms with Crippen LogP contribution in [0.5, 0.6) is 0 Å². The van der Waals surface area contributed by atoms with Crippen molar-refractivity contribution in [1.29, 1.82) is 0 Å². The van der Waals surface area contributed by atoms with Crippen LogP contribution in [0.1, 0.15) is 0 Å². The second-order valence-electron chi connectivity index (χ2n) is 1.53. The first-order valence-corrected chi connectivity index (χ1v) is 2.91. The fourth-order valence-electron chi connectivity index (χ4n) is 0.331. The maximum atomic E-state index is 12.1. The van der Waals surface area contributed by atoms with Gasteiger partial charge in [-0.3, -0.25) is 0 Å². The van der Waals surface area contributed by atoms with E-state index in [9.17, 15) is 8.96 Å². The fraction of sp³-hybridized carbons (Fsp3) is 1.00. The molecule has 2 N–H and O–H groups in total. The minimum Gasteiger partial charge on any atom is -0.394 e. The van der Waals surface area contributed by atoms with Crippen molar-refractivity contribution >= 4 is 0 Å². The predicted molar refractivity (Wildman–Crippen MR) is 28.6 cm³/mol. The van der Waals surface area contributed by atoms with Crippen LogP contribution in [-0.2, 0) is 9.68 Å². The highest BCUT2D eigenvalue weighted by Crippen LogP contribution is 2.10. The van der Waals surface area contributed by atoms with E-state index >= 15 is 0 Å². The predicted octanol–water partition coefficient (Wildman–Crippen LogP) is -0.580. The largest absolute Gasteiger partial charge is 0.394 e. The van der Waals surface area contributed by atoms with E-state index in [1.165, 1.54) is 0 Å². The average molecular weight is 174 g/mol. The molecule has 0 saturated carbocycles. The van der Waals surface area contributed by atoms with E-state index in [1.54, 1.807) is 0 Å². The summed E-state index contributed by atoms with van der Waals surface area (Å²) in [7, 11) is 0. The Balaban J connectivity index is 3.43. The molecule has 0 aromatic heterocycles. The lowest BCUT2D eigenvalue weighted by Gasteiger charge is -2.06. The normalized spacial score (nSPS) is 12.0. The van der Waals surface area contributed by atoms with Crippen LogP contribution < -0.4 is 0 Å². The quantitative estimate of drug-likeness (QED) is 0.418. The zero-order valence-corrected chi connectivity index (χ0v) is 5.74. The number of hydrogen-bond donors (Lipinski definition) is 2. The van der Waals surface area contributed by atoms with E-state index in [0.29, 0.717) is 0 Å². The molecule has 0 aromatic rings. The number of halogens is 2. The second kappa shape index (κ2) is 5.33. The van der Waals surface area contributed by atoms with Crippen LogP contribution in [0.2, 0.25) is 0 Å². The smallest absolute Gasteiger partial charge is 0.347 e. The van der Waals surface area contributed by atoms with Gasteiger partial charge in [-0.1, -0.05) is 9.68 Å². The molecule has 0 bridgehead atoms. The van der Waals surface area contributed by atoms with Gasteiger partial charge in [0.15, 0.2) is 0 Å². The Kier molecular flexibility index (Phi) is 5.16. The third kappa shape index (κ3) is 6.07. The van der Waals surface area contributed by atoms with Crippen LogP contribution in [0, 0.1) is 0 Å². The van der Waals surface area contributed by atoms with E-state index in [2.05, 4.69) is 9.68 Å². The first-order chi connectivity index (χ1) is 5.12. The van der Waals surface area contributed by atoms with Gasteiger partial charge in [0.05, 0.1) is 13.2 Å². The van der Waals surface area contributed by atoms with Crippen molar-refractivity contribution in [1.82, 2.24) is 0 Å². The highest BCUT2D eigenvalue weighted by atomic mass is 19.4. The molecule has 0 saturated heterocycles. The molecule has 0 unspecified atom stereocenters. The summed E-state index contributed by atoms with van der Waals surface area (Å²) in [6.07, 6.45) is 0. The van der Waals surface area contributed by atoms with Crippen molar-refractivity contribution in [3.63, 3.8) is 0 Å². The summed E-state index contributed by atoms with van der Waals surface area (Å²) in [5.41, 5.74) is 0. The van der Waals surface area contributed by atoms with Gasteiger partial charge in [-0.15, -0.1) is 0 Å². The monoisotopic (exact) mass is 174 g/mol. The fourth-order valence-corrected chi connectivity index (χ4v) is 0.331. The summed E-state index contributed by atoms with van der Waals surface area (Å²) in [5.74, 6) is 0. The van der Waals surface area contributed by atoms with Gasteiger partial charge < -0.3 is 10.2 Å². The van der Waals surface area contributed by atoms with Crippen LogP contribution >= 0.6 is 0 Å². The van der Waals surface area contributed by atoms with Gasteiger partial charge in [0.1, 0.15) is 22.2 Å². The van der Waals surface area contributed by atoms with Crippen LogP contribution in [-0.4, -0.2) is 41.9 Å². The number of aliphatic hydroxyl groups is 2. The molecule has 0 rings (SSSR count). The lowest BCUT2D eigenvalue weighted by Crippen LogP contribution is -2.32. The summed E-state index contributed by atoms with van der Waals surface area (Å²) in [4.78, 5) is 7.40. The molecular weight excluding hydrogens is 164 g/mol. The van der Waals surface area contributed by atoms with Crippen LogP contribution in [0.4, 0.5) is 8.96 Å². The molecule has 0 amide bonds. The number of hydrogen-bond acceptors (Lipinski definition) is 4. The molecule has 5 nitrogen and oxygen atoms in total. The molecule has 0 aromatic carbocycles. The molecule has 0 radical (unpaired) electrons. The van der Waals surface area contributed by atoms with Crippen molar-refractivity contribution in [3.8, 4) is 0 Å². The Morgan fingerprint density at radius 1 is 1.00 bits per heavy atom. The number of quaternary nitrogens is 1. The van der Waals surface area contributed by atoms with Crippen molar-refractivity contribution < 1.29 is 34.1 Å². The Labute approximate surface area is 61.7 Å². The third-order valence-corrected chi connectivity index (χ3v) is 0.666. The Bertz CT molecular complexity index is 92.1. The second-order valence-corrected chi connectivity index (χ2v) is 1.53. The van der Waals surface area contributed by atoms with Gasteiger partial charge in [-0.2, -0.15) is 0 Å². The zero-order valence-electron chi connectivity index (χ0n) is 5.74. The van der Waals surface area contributed by atoms with Crippen LogP contribution in [0.25, 0.3) is 0 Å². The van der Waals surface area contributed by atoms with Crippen molar-refractivity contribution in [2.45, 2.75) is 0 Å². The molecule has 7 heteroatoms. The Morgan fingerprint density at radius 2 is 1.36 bits per heavy atom. The topological polar surface area (TPSA) is 58.9 Å². The number of aliphatic hydroxyl groups excluding tert-OH is 2. The van der Waals surface area contributed by atoms with Crippen molar-refractivity contribution in [3.05, 3.63) is 0 Å². The molecule has 0 spiro atoms. The molecular formula is C4H10F2NO4+. The van der Waals surface area contributed by atoms with Gasteiger partial charge >= 0.3 is 5.25 Å². The average Bonchev–Trinajstić information content (AvgIpc) is 1.97. The van der Waals surface area contributed by atoms with Gasteiger partial charge in [0.2, 0.25) is 0 Å². The minimum atomic E-state index is -3.11. The summed E-state index contributed by atoms with van der Waals surface area (Å²) in [5, 5.41) is 13.1. The Hall–Kier alpha value is -0.340. The van der Waals surface area contributed by atoms with E-state index < -0.39 is 31.7 Å². The van der Waals surface area contributed by atoms with E-state index in [4.69, 9.17) is 10.2 Å². The van der Waals surface area contributed by atoms with Gasteiger partial charge in [-0.05, 0) is 0 Å². The maximum Gasteiger partial charge on any atom is 0.347 e. The molecule has 0 atom stereocenters. The highest BCUT2D eigenvalue weighted by molar-refractivity contribution is 4.12. The van der Waals surface area contributed by atoms with E-state index in [0.717, 1.165) is 0 Å². The van der Waals surface area contributed by atoms with E-state index in [1.807, 2.05) is 0 Å². The molecule has 0 aliphatic carbocycles. The van der Waals surface area contributed by atoms with Gasteiger partial charge in [0, 0.05) is 0 Å². The standard InChI is InChI=1S/C4H10F2NO4/c5-7(6,10-3-1-8)11-4-2-9/h8-9H,1-4H2/q+1. The van der Waals surface area contributed by atoms with Gasteiger partial charge in [0.25, 0.3) is 0 Å². The van der Waals surface area contributed by atoms with E-state index in [-0.39, 0.29) is 0 Å². The maximum absolute atomic E-state index is 12.1. The lowest BCUT2D eigenvalue weighted by atomic mass is 10.8. The summed E-state index contributed by atoms with van der Waals surface area (Å²) < 4.78 is 24.1. The van der Waals surface area contributed by atoms with Crippen LogP contribution in [0.15, 0.2) is 0 Å². The zero-order chi connectivity index (χ0) is 8.74. The van der Waals surface area contributed by atoms with Crippen molar-refractivity contribution in [2.75, 3.05) is 26.4 Å². The molecule has 68 valence electrons. The highest BCUT2D eigenvalue weighted by Gasteiger charge is 2.35. The third-order valence-electron chi connectivity index (χ3n) is 0.666. The SMILES string of the molecule is OCCO[N+](F)(F)OCCO.